The number of carbonyl (C=O) groups excluding carboxylic acids is 1. The van der Waals surface area contributed by atoms with E-state index in [1.165, 1.54) is 64.2 Å². The van der Waals surface area contributed by atoms with E-state index in [0.717, 1.165) is 48.3 Å². The largest absolute Gasteiger partial charge is 0.459 e. The number of aliphatic hydroxyl groups is 1. The summed E-state index contributed by atoms with van der Waals surface area (Å²) in [5.41, 5.74) is 1.49. The van der Waals surface area contributed by atoms with Crippen molar-refractivity contribution in [2.24, 2.45) is 52.3 Å². The first-order chi connectivity index (χ1) is 17.1. The summed E-state index contributed by atoms with van der Waals surface area (Å²) in [4.78, 5) is 12.5. The molecule has 0 heterocycles. The quantitative estimate of drug-likeness (QED) is 0.242. The number of carbonyl (C=O) groups is 1. The molecule has 9 atom stereocenters. The van der Waals surface area contributed by atoms with Gasteiger partial charge in [0.2, 0.25) is 0 Å². The number of rotatable bonds is 10. The molecular formula is C33H56O3. The molecule has 0 aromatic rings. The predicted octanol–water partition coefficient (Wildman–Crippen LogP) is 8.35. The van der Waals surface area contributed by atoms with Gasteiger partial charge < -0.3 is 9.84 Å². The molecule has 0 spiro atoms. The molecule has 0 amide bonds. The van der Waals surface area contributed by atoms with Gasteiger partial charge in [-0.15, -0.1) is 0 Å². The minimum absolute atomic E-state index is 0.0504. The number of hydrogen-bond acceptors (Lipinski definition) is 3. The van der Waals surface area contributed by atoms with Crippen molar-refractivity contribution in [1.29, 1.82) is 0 Å². The van der Waals surface area contributed by atoms with Gasteiger partial charge in [-0.2, -0.15) is 0 Å². The van der Waals surface area contributed by atoms with Gasteiger partial charge in [-0.25, -0.2) is 4.79 Å². The standard InChI is InChI=1S/C33H56O3/c1-22(2)9-7-10-23(3)28-14-15-29-27-13-12-25-21-26(36-31(35)24(4)11-8-20-34)16-18-32(25,5)30(27)17-19-33(28,29)6/h22-23,25-30,34H,4,7-21H2,1-3,5-6H3/t23-,25?,26+,27+,28-,29+,30?,32+,33-/m1/s1. The molecule has 4 fully saturated rings. The van der Waals surface area contributed by atoms with E-state index in [1.54, 1.807) is 0 Å². The maximum absolute atomic E-state index is 12.5. The molecule has 4 saturated carbocycles. The second kappa shape index (κ2) is 11.5. The van der Waals surface area contributed by atoms with E-state index in [-0.39, 0.29) is 18.7 Å². The zero-order chi connectivity index (χ0) is 26.1. The van der Waals surface area contributed by atoms with Gasteiger partial charge in [0.05, 0.1) is 0 Å². The molecule has 0 bridgehead atoms. The Kier molecular flexibility index (Phi) is 9.01. The Hall–Kier alpha value is -0.830. The average molecular weight is 501 g/mol. The van der Waals surface area contributed by atoms with Crippen LogP contribution in [0.15, 0.2) is 12.2 Å². The first-order valence-corrected chi connectivity index (χ1v) is 15.6. The lowest BCUT2D eigenvalue weighted by Crippen LogP contribution is -2.54. The number of fused-ring (bicyclic) bond motifs is 5. The van der Waals surface area contributed by atoms with Gasteiger partial charge in [-0.05, 0) is 123 Å². The Morgan fingerprint density at radius 3 is 2.39 bits per heavy atom. The summed E-state index contributed by atoms with van der Waals surface area (Å²) in [6, 6.07) is 0. The third kappa shape index (κ3) is 5.48. The van der Waals surface area contributed by atoms with Crippen molar-refractivity contribution in [3.63, 3.8) is 0 Å². The lowest BCUT2D eigenvalue weighted by atomic mass is 9.44. The molecule has 0 aromatic heterocycles. The number of esters is 1. The van der Waals surface area contributed by atoms with Gasteiger partial charge in [-0.3, -0.25) is 0 Å². The lowest BCUT2D eigenvalue weighted by molar-refractivity contribution is -0.159. The van der Waals surface area contributed by atoms with Crippen LogP contribution in [0, 0.1) is 52.3 Å². The van der Waals surface area contributed by atoms with E-state index in [9.17, 15) is 4.79 Å². The fourth-order valence-electron chi connectivity index (χ4n) is 9.98. The average Bonchev–Trinajstić information content (AvgIpc) is 3.19. The van der Waals surface area contributed by atoms with Crippen molar-refractivity contribution in [1.82, 2.24) is 0 Å². The summed E-state index contributed by atoms with van der Waals surface area (Å²) in [5.74, 6) is 5.78. The molecule has 4 rings (SSSR count). The van der Waals surface area contributed by atoms with Crippen LogP contribution in [0.3, 0.4) is 0 Å². The highest BCUT2D eigenvalue weighted by atomic mass is 16.5. The van der Waals surface area contributed by atoms with Crippen LogP contribution in [0.4, 0.5) is 0 Å². The highest BCUT2D eigenvalue weighted by molar-refractivity contribution is 5.87. The molecule has 4 aliphatic carbocycles. The summed E-state index contributed by atoms with van der Waals surface area (Å²) in [7, 11) is 0. The van der Waals surface area contributed by atoms with Crippen molar-refractivity contribution in [2.75, 3.05) is 6.61 Å². The van der Waals surface area contributed by atoms with E-state index >= 15 is 0 Å². The predicted molar refractivity (Wildman–Crippen MR) is 148 cm³/mol. The molecule has 36 heavy (non-hydrogen) atoms. The Bertz CT molecular complexity index is 773. The second-order valence-electron chi connectivity index (χ2n) is 14.4. The van der Waals surface area contributed by atoms with E-state index in [1.807, 2.05) is 0 Å². The Balaban J connectivity index is 1.37. The van der Waals surface area contributed by atoms with Crippen LogP contribution in [-0.2, 0) is 9.53 Å². The van der Waals surface area contributed by atoms with E-state index < -0.39 is 0 Å². The van der Waals surface area contributed by atoms with Crippen LogP contribution < -0.4 is 0 Å². The molecule has 0 saturated heterocycles. The zero-order valence-electron chi connectivity index (χ0n) is 24.2. The summed E-state index contributed by atoms with van der Waals surface area (Å²) in [5, 5.41) is 9.04. The zero-order valence-corrected chi connectivity index (χ0v) is 24.2. The minimum atomic E-state index is -0.237. The van der Waals surface area contributed by atoms with Crippen LogP contribution in [0.5, 0.6) is 0 Å². The molecule has 1 N–H and O–H groups in total. The summed E-state index contributed by atoms with van der Waals surface area (Å²) < 4.78 is 5.93. The molecular weight excluding hydrogens is 444 g/mol. The molecule has 206 valence electrons. The van der Waals surface area contributed by atoms with Crippen molar-refractivity contribution in [3.8, 4) is 0 Å². The van der Waals surface area contributed by atoms with Gasteiger partial charge in [0.1, 0.15) is 6.10 Å². The van der Waals surface area contributed by atoms with E-state index in [2.05, 4.69) is 41.2 Å². The number of hydrogen-bond donors (Lipinski definition) is 1. The third-order valence-electron chi connectivity index (χ3n) is 12.0. The SMILES string of the molecule is C=C(CCCO)C(=O)O[C@H]1CC[C@@]2(C)C(CC[C@@H]3C2CC[C@]2(C)[C@@H]([C@H](C)CCCC(C)C)CC[C@@H]32)C1. The van der Waals surface area contributed by atoms with Gasteiger partial charge >= 0.3 is 5.97 Å². The Labute approximate surface area is 222 Å². The van der Waals surface area contributed by atoms with Crippen LogP contribution in [-0.4, -0.2) is 23.8 Å². The molecule has 0 aromatic carbocycles. The van der Waals surface area contributed by atoms with Crippen LogP contribution in [0.2, 0.25) is 0 Å². The van der Waals surface area contributed by atoms with Gasteiger partial charge in [-0.1, -0.05) is 60.5 Å². The molecule has 0 aliphatic heterocycles. The molecule has 0 radical (unpaired) electrons. The monoisotopic (exact) mass is 500 g/mol. The fraction of sp³-hybridized carbons (Fsp3) is 0.909. The third-order valence-corrected chi connectivity index (χ3v) is 12.0. The highest BCUT2D eigenvalue weighted by Gasteiger charge is 2.60. The first kappa shape index (κ1) is 28.2. The molecule has 2 unspecified atom stereocenters. The maximum Gasteiger partial charge on any atom is 0.333 e. The van der Waals surface area contributed by atoms with Crippen LogP contribution in [0.1, 0.15) is 125 Å². The maximum atomic E-state index is 12.5. The van der Waals surface area contributed by atoms with E-state index in [4.69, 9.17) is 9.84 Å². The first-order valence-electron chi connectivity index (χ1n) is 15.6. The van der Waals surface area contributed by atoms with Gasteiger partial charge in [0, 0.05) is 12.2 Å². The lowest BCUT2D eigenvalue weighted by Gasteiger charge is -2.61. The van der Waals surface area contributed by atoms with Crippen LogP contribution >= 0.6 is 0 Å². The number of aliphatic hydroxyl groups excluding tert-OH is 1. The summed E-state index contributed by atoms with van der Waals surface area (Å²) >= 11 is 0. The Morgan fingerprint density at radius 1 is 0.944 bits per heavy atom. The van der Waals surface area contributed by atoms with Crippen molar-refractivity contribution in [2.45, 2.75) is 131 Å². The normalized spacial score (nSPS) is 40.8. The van der Waals surface area contributed by atoms with Crippen molar-refractivity contribution < 1.29 is 14.6 Å². The topological polar surface area (TPSA) is 46.5 Å². The Morgan fingerprint density at radius 2 is 1.67 bits per heavy atom. The molecule has 4 aliphatic rings. The molecule has 3 heteroatoms. The number of ether oxygens (including phenoxy) is 1. The van der Waals surface area contributed by atoms with Crippen LogP contribution in [0.25, 0.3) is 0 Å². The van der Waals surface area contributed by atoms with E-state index in [0.29, 0.717) is 35.2 Å². The van der Waals surface area contributed by atoms with Crippen molar-refractivity contribution in [3.05, 3.63) is 12.2 Å². The second-order valence-corrected chi connectivity index (χ2v) is 14.4. The van der Waals surface area contributed by atoms with Gasteiger partial charge in [0.15, 0.2) is 0 Å². The summed E-state index contributed by atoms with van der Waals surface area (Å²) in [6.45, 7) is 16.6. The van der Waals surface area contributed by atoms with Gasteiger partial charge in [0.25, 0.3) is 0 Å². The summed E-state index contributed by atoms with van der Waals surface area (Å²) in [6.07, 6.45) is 17.1. The highest BCUT2D eigenvalue weighted by Crippen LogP contribution is 2.68. The smallest absolute Gasteiger partial charge is 0.333 e. The minimum Gasteiger partial charge on any atom is -0.459 e. The fourth-order valence-corrected chi connectivity index (χ4v) is 9.98. The molecule has 3 nitrogen and oxygen atoms in total. The van der Waals surface area contributed by atoms with Crippen molar-refractivity contribution >= 4 is 5.97 Å².